The van der Waals surface area contributed by atoms with Crippen molar-refractivity contribution in [2.45, 2.75) is 18.7 Å². The van der Waals surface area contributed by atoms with Crippen molar-refractivity contribution in [1.82, 2.24) is 19.5 Å². The first kappa shape index (κ1) is 9.26. The summed E-state index contributed by atoms with van der Waals surface area (Å²) in [5.41, 5.74) is 6.99. The minimum Gasteiger partial charge on any atom is -0.382 e. The van der Waals surface area contributed by atoms with Crippen molar-refractivity contribution in [2.75, 3.05) is 5.73 Å². The number of hydrogen-bond donors (Lipinski definition) is 2. The van der Waals surface area contributed by atoms with E-state index in [1.807, 2.05) is 18.4 Å². The second-order valence-electron chi connectivity index (χ2n) is 3.54. The van der Waals surface area contributed by atoms with E-state index in [2.05, 4.69) is 27.6 Å². The monoisotopic (exact) mass is 209 g/mol. The first-order valence-corrected chi connectivity index (χ1v) is 4.61. The van der Waals surface area contributed by atoms with Crippen LogP contribution in [0, 0.1) is 0 Å². The number of nitrogen functional groups attached to an aromatic ring is 1. The Morgan fingerprint density at radius 3 is 2.71 bits per heavy atom. The largest absolute Gasteiger partial charge is 0.382 e. The number of aromatic nitrogens is 4. The summed E-state index contributed by atoms with van der Waals surface area (Å²) in [6.07, 6.45) is 3.10. The molecule has 0 atom stereocenters. The van der Waals surface area contributed by atoms with E-state index < -0.39 is 0 Å². The molecule has 0 amide bonds. The van der Waals surface area contributed by atoms with Crippen molar-refractivity contribution in [1.29, 1.82) is 0 Å². The Hall–Kier alpha value is -1.30. The molecule has 2 rings (SSSR count). The van der Waals surface area contributed by atoms with Crippen molar-refractivity contribution in [2.24, 2.45) is 0 Å². The van der Waals surface area contributed by atoms with Gasteiger partial charge >= 0.3 is 0 Å². The first-order chi connectivity index (χ1) is 6.50. The molecule has 2 aromatic heterocycles. The summed E-state index contributed by atoms with van der Waals surface area (Å²) in [6.45, 7) is 3.91. The number of imidazole rings is 1. The minimum atomic E-state index is -0.352. The zero-order valence-corrected chi connectivity index (χ0v) is 8.86. The molecule has 74 valence electrons. The van der Waals surface area contributed by atoms with Crippen molar-refractivity contribution in [3.63, 3.8) is 0 Å². The molecule has 2 N–H and O–H groups in total. The van der Waals surface area contributed by atoms with Gasteiger partial charge in [-0.3, -0.25) is 0 Å². The third-order valence-electron chi connectivity index (χ3n) is 1.95. The van der Waals surface area contributed by atoms with Gasteiger partial charge in [-0.15, -0.1) is 0 Å². The molecule has 0 aliphatic heterocycles. The number of nitrogens with two attached hydrogens (primary N) is 1. The van der Waals surface area contributed by atoms with E-state index in [0.717, 1.165) is 0 Å². The molecule has 2 heterocycles. The van der Waals surface area contributed by atoms with E-state index in [0.29, 0.717) is 17.0 Å². The Labute approximate surface area is 86.8 Å². The van der Waals surface area contributed by atoms with E-state index in [9.17, 15) is 0 Å². The zero-order valence-electron chi connectivity index (χ0n) is 7.97. The molecule has 0 unspecified atom stereocenters. The molecule has 0 aliphatic carbocycles. The number of hydrogen-bond acceptors (Lipinski definition) is 5. The van der Waals surface area contributed by atoms with Gasteiger partial charge in [0.15, 0.2) is 11.5 Å². The highest BCUT2D eigenvalue weighted by Crippen LogP contribution is 2.25. The molecule has 0 radical (unpaired) electrons. The van der Waals surface area contributed by atoms with Crippen molar-refractivity contribution in [3.05, 3.63) is 12.7 Å². The van der Waals surface area contributed by atoms with E-state index in [1.54, 1.807) is 6.33 Å². The molecule has 14 heavy (non-hydrogen) atoms. The van der Waals surface area contributed by atoms with Gasteiger partial charge in [0.25, 0.3) is 0 Å². The summed E-state index contributed by atoms with van der Waals surface area (Å²) in [6, 6.07) is 0. The van der Waals surface area contributed by atoms with Crippen LogP contribution < -0.4 is 5.73 Å². The Balaban J connectivity index is 2.76. The van der Waals surface area contributed by atoms with Crippen molar-refractivity contribution < 1.29 is 0 Å². The topological polar surface area (TPSA) is 69.6 Å². The van der Waals surface area contributed by atoms with Crippen molar-refractivity contribution in [3.8, 4) is 0 Å². The summed E-state index contributed by atoms with van der Waals surface area (Å²) >= 11 is 4.44. The molecule has 2 aromatic rings. The quantitative estimate of drug-likeness (QED) is 0.688. The average molecular weight is 209 g/mol. The van der Waals surface area contributed by atoms with E-state index in [-0.39, 0.29) is 4.87 Å². The van der Waals surface area contributed by atoms with Crippen LogP contribution in [0.25, 0.3) is 11.2 Å². The molecule has 0 saturated carbocycles. The fourth-order valence-electron chi connectivity index (χ4n) is 1.25. The molecule has 0 bridgehead atoms. The molecular formula is C8H11N5S. The van der Waals surface area contributed by atoms with Crippen LogP contribution in [0.4, 0.5) is 5.82 Å². The summed E-state index contributed by atoms with van der Waals surface area (Å²) < 4.78 is 1.85. The molecule has 0 aliphatic rings. The molecule has 0 saturated heterocycles. The molecule has 0 aromatic carbocycles. The summed E-state index contributed by atoms with van der Waals surface area (Å²) in [5.74, 6) is 0.395. The van der Waals surface area contributed by atoms with Gasteiger partial charge in [-0.1, -0.05) is 0 Å². The van der Waals surface area contributed by atoms with E-state index in [1.165, 1.54) is 6.33 Å². The zero-order chi connectivity index (χ0) is 10.3. The lowest BCUT2D eigenvalue weighted by Crippen LogP contribution is -2.18. The van der Waals surface area contributed by atoms with E-state index in [4.69, 9.17) is 5.73 Å². The number of thiol groups is 1. The summed E-state index contributed by atoms with van der Waals surface area (Å²) in [4.78, 5) is 11.8. The lowest BCUT2D eigenvalue weighted by atomic mass is 10.3. The fraction of sp³-hybridized carbons (Fsp3) is 0.375. The van der Waals surface area contributed by atoms with Crippen LogP contribution in [-0.4, -0.2) is 19.5 Å². The maximum Gasteiger partial charge on any atom is 0.166 e. The molecule has 5 nitrogen and oxygen atoms in total. The van der Waals surface area contributed by atoms with Gasteiger partial charge < -0.3 is 10.3 Å². The maximum absolute atomic E-state index is 5.66. The number of nitrogens with zero attached hydrogens (tertiary/aromatic N) is 4. The highest BCUT2D eigenvalue weighted by molar-refractivity contribution is 7.81. The number of fused-ring (bicyclic) bond motifs is 1. The Kier molecular flexibility index (Phi) is 1.88. The predicted octanol–water partition coefficient (Wildman–Crippen LogP) is 1.03. The SMILES string of the molecule is CC(C)(S)n1cnc2c(N)ncnc21. The summed E-state index contributed by atoms with van der Waals surface area (Å²) in [5, 5.41) is 0. The van der Waals surface area contributed by atoms with Crippen LogP contribution in [0.3, 0.4) is 0 Å². The second-order valence-corrected chi connectivity index (χ2v) is 4.63. The van der Waals surface area contributed by atoms with Crippen LogP contribution in [0.5, 0.6) is 0 Å². The van der Waals surface area contributed by atoms with Gasteiger partial charge in [-0.05, 0) is 13.8 Å². The second kappa shape index (κ2) is 2.84. The van der Waals surface area contributed by atoms with E-state index >= 15 is 0 Å². The Morgan fingerprint density at radius 2 is 2.07 bits per heavy atom. The summed E-state index contributed by atoms with van der Waals surface area (Å²) in [7, 11) is 0. The van der Waals surface area contributed by atoms with Crippen LogP contribution in [0.15, 0.2) is 12.7 Å². The molecular weight excluding hydrogens is 198 g/mol. The third kappa shape index (κ3) is 1.31. The average Bonchev–Trinajstić information content (AvgIpc) is 2.47. The van der Waals surface area contributed by atoms with Gasteiger partial charge in [-0.2, -0.15) is 12.6 Å². The highest BCUT2D eigenvalue weighted by atomic mass is 32.1. The number of rotatable bonds is 1. The predicted molar refractivity (Wildman–Crippen MR) is 58.0 cm³/mol. The smallest absolute Gasteiger partial charge is 0.166 e. The van der Waals surface area contributed by atoms with Gasteiger partial charge in [0.1, 0.15) is 11.8 Å². The van der Waals surface area contributed by atoms with Gasteiger partial charge in [0.2, 0.25) is 0 Å². The van der Waals surface area contributed by atoms with Crippen LogP contribution in [0.2, 0.25) is 0 Å². The highest BCUT2D eigenvalue weighted by Gasteiger charge is 2.18. The van der Waals surface area contributed by atoms with Gasteiger partial charge in [0.05, 0.1) is 11.2 Å². The standard InChI is InChI=1S/C8H11N5S/c1-8(2,14)13-4-12-5-6(9)10-3-11-7(5)13/h3-4,14H,1-2H3,(H2,9,10,11). The Bertz CT molecular complexity index is 470. The van der Waals surface area contributed by atoms with Crippen molar-refractivity contribution >= 4 is 29.6 Å². The molecule has 6 heteroatoms. The minimum absolute atomic E-state index is 0.352. The van der Waals surface area contributed by atoms with Gasteiger partial charge in [0, 0.05) is 0 Å². The van der Waals surface area contributed by atoms with Crippen LogP contribution in [0.1, 0.15) is 13.8 Å². The normalized spacial score (nSPS) is 12.2. The first-order valence-electron chi connectivity index (χ1n) is 4.16. The fourth-order valence-corrected chi connectivity index (χ4v) is 1.40. The Morgan fingerprint density at radius 1 is 1.36 bits per heavy atom. The van der Waals surface area contributed by atoms with Crippen LogP contribution in [-0.2, 0) is 4.87 Å². The third-order valence-corrected chi connectivity index (χ3v) is 2.17. The number of anilines is 1. The molecule has 0 spiro atoms. The lowest BCUT2D eigenvalue weighted by molar-refractivity contribution is 0.554. The van der Waals surface area contributed by atoms with Gasteiger partial charge in [-0.25, -0.2) is 15.0 Å². The molecule has 0 fully saturated rings. The maximum atomic E-state index is 5.66. The lowest BCUT2D eigenvalue weighted by Gasteiger charge is -2.19. The van der Waals surface area contributed by atoms with Crippen LogP contribution >= 0.6 is 12.6 Å².